The first-order valence-corrected chi connectivity index (χ1v) is 9.34. The predicted molar refractivity (Wildman–Crippen MR) is 111 cm³/mol. The topological polar surface area (TPSA) is 50.7 Å². The van der Waals surface area contributed by atoms with Gasteiger partial charge in [-0.2, -0.15) is 5.10 Å². The maximum atomic E-state index is 12.1. The number of benzene rings is 3. The van der Waals surface area contributed by atoms with Crippen molar-refractivity contribution in [2.75, 3.05) is 0 Å². The van der Waals surface area contributed by atoms with Crippen molar-refractivity contribution in [2.45, 2.75) is 6.61 Å². The number of hydrogen-bond donors (Lipinski definition) is 1. The van der Waals surface area contributed by atoms with E-state index in [2.05, 4.69) is 26.5 Å². The van der Waals surface area contributed by atoms with Crippen LogP contribution in [0.2, 0.25) is 5.02 Å². The molecule has 0 radical (unpaired) electrons. The van der Waals surface area contributed by atoms with Crippen LogP contribution in [0.5, 0.6) is 5.75 Å². The van der Waals surface area contributed by atoms with Gasteiger partial charge < -0.3 is 4.74 Å². The van der Waals surface area contributed by atoms with Crippen LogP contribution in [-0.4, -0.2) is 12.1 Å². The maximum absolute atomic E-state index is 12.1. The molecule has 0 unspecified atom stereocenters. The summed E-state index contributed by atoms with van der Waals surface area (Å²) in [5, 5.41) is 4.69. The largest absolute Gasteiger partial charge is 0.489 e. The van der Waals surface area contributed by atoms with Gasteiger partial charge in [-0.15, -0.1) is 0 Å². The molecule has 3 aromatic rings. The van der Waals surface area contributed by atoms with E-state index in [9.17, 15) is 4.79 Å². The summed E-state index contributed by atoms with van der Waals surface area (Å²) in [6.07, 6.45) is 1.57. The van der Waals surface area contributed by atoms with Crippen molar-refractivity contribution >= 4 is 39.7 Å². The van der Waals surface area contributed by atoms with Crippen molar-refractivity contribution < 1.29 is 9.53 Å². The average molecular weight is 444 g/mol. The van der Waals surface area contributed by atoms with E-state index in [4.69, 9.17) is 16.3 Å². The van der Waals surface area contributed by atoms with Gasteiger partial charge in [-0.3, -0.25) is 4.79 Å². The lowest BCUT2D eigenvalue weighted by Crippen LogP contribution is -2.18. The summed E-state index contributed by atoms with van der Waals surface area (Å²) in [5.74, 6) is 0.420. The van der Waals surface area contributed by atoms with Gasteiger partial charge in [-0.25, -0.2) is 5.43 Å². The van der Waals surface area contributed by atoms with E-state index in [0.717, 1.165) is 11.1 Å². The third-order valence-electron chi connectivity index (χ3n) is 3.65. The summed E-state index contributed by atoms with van der Waals surface area (Å²) in [7, 11) is 0. The minimum atomic E-state index is -0.285. The number of hydrazone groups is 1. The summed E-state index contributed by atoms with van der Waals surface area (Å²) in [6.45, 7) is 0.417. The van der Waals surface area contributed by atoms with Crippen molar-refractivity contribution in [3.8, 4) is 5.75 Å². The number of amides is 1. The second-order valence-electron chi connectivity index (χ2n) is 5.67. The van der Waals surface area contributed by atoms with E-state index in [1.54, 1.807) is 24.4 Å². The van der Waals surface area contributed by atoms with E-state index >= 15 is 0 Å². The van der Waals surface area contributed by atoms with Gasteiger partial charge in [0.15, 0.2) is 0 Å². The lowest BCUT2D eigenvalue weighted by molar-refractivity contribution is 0.0954. The number of nitrogens with zero attached hydrogens (tertiary/aromatic N) is 1. The number of halogens is 2. The zero-order valence-electron chi connectivity index (χ0n) is 14.2. The van der Waals surface area contributed by atoms with Crippen LogP contribution in [0.3, 0.4) is 0 Å². The van der Waals surface area contributed by atoms with Crippen LogP contribution in [0.1, 0.15) is 21.5 Å². The Bertz CT molecular complexity index is 976. The van der Waals surface area contributed by atoms with Gasteiger partial charge in [0.1, 0.15) is 12.4 Å². The molecule has 4 nitrogen and oxygen atoms in total. The average Bonchev–Trinajstić information content (AvgIpc) is 2.67. The van der Waals surface area contributed by atoms with Gasteiger partial charge in [0.2, 0.25) is 0 Å². The minimum Gasteiger partial charge on any atom is -0.489 e. The molecule has 0 aromatic heterocycles. The zero-order chi connectivity index (χ0) is 19.1. The number of carbonyl (C=O) groups excluding carboxylic acids is 1. The van der Waals surface area contributed by atoms with Crippen LogP contribution in [0.4, 0.5) is 0 Å². The summed E-state index contributed by atoms with van der Waals surface area (Å²) < 4.78 is 6.50. The molecule has 0 atom stereocenters. The molecule has 3 aromatic carbocycles. The normalized spacial score (nSPS) is 10.7. The maximum Gasteiger partial charge on any atom is 0.272 e. The molecule has 0 saturated heterocycles. The van der Waals surface area contributed by atoms with Gasteiger partial charge in [0.05, 0.1) is 11.8 Å². The molecule has 0 saturated carbocycles. The number of nitrogens with one attached hydrogen (secondary N) is 1. The lowest BCUT2D eigenvalue weighted by Gasteiger charge is -2.07. The van der Waals surface area contributed by atoms with Gasteiger partial charge in [-0.05, 0) is 63.5 Å². The Hall–Kier alpha value is -2.63. The standard InChI is InChI=1S/C21H16BrClN2O2/c22-20-10-2-1-9-19(20)21(26)25-24-13-15-5-4-8-18(12-15)27-14-16-6-3-7-17(23)11-16/h1-13H,14H2,(H,25,26)/b24-13+. The Morgan fingerprint density at radius 3 is 2.70 bits per heavy atom. The van der Waals surface area contributed by atoms with E-state index in [0.29, 0.717) is 27.4 Å². The number of ether oxygens (including phenoxy) is 1. The van der Waals surface area contributed by atoms with Gasteiger partial charge in [0, 0.05) is 9.50 Å². The Balaban J connectivity index is 1.59. The molecule has 1 amide bonds. The Morgan fingerprint density at radius 1 is 1.07 bits per heavy atom. The van der Waals surface area contributed by atoms with E-state index in [-0.39, 0.29) is 5.91 Å². The van der Waals surface area contributed by atoms with E-state index < -0.39 is 0 Å². The monoisotopic (exact) mass is 442 g/mol. The van der Waals surface area contributed by atoms with Crippen LogP contribution in [-0.2, 0) is 6.61 Å². The van der Waals surface area contributed by atoms with Crippen LogP contribution < -0.4 is 10.2 Å². The van der Waals surface area contributed by atoms with Crippen molar-refractivity contribution in [1.82, 2.24) is 5.43 Å². The molecular weight excluding hydrogens is 428 g/mol. The van der Waals surface area contributed by atoms with E-state index in [1.165, 1.54) is 0 Å². The molecule has 1 N–H and O–H groups in total. The number of carbonyl (C=O) groups is 1. The van der Waals surface area contributed by atoms with Gasteiger partial charge >= 0.3 is 0 Å². The highest BCUT2D eigenvalue weighted by atomic mass is 79.9. The molecule has 0 bridgehead atoms. The highest BCUT2D eigenvalue weighted by Crippen LogP contribution is 2.17. The molecule has 0 aliphatic rings. The quantitative estimate of drug-likeness (QED) is 0.407. The third-order valence-corrected chi connectivity index (χ3v) is 4.58. The Labute approximate surface area is 171 Å². The first-order valence-electron chi connectivity index (χ1n) is 8.17. The molecule has 0 aliphatic heterocycles. The van der Waals surface area contributed by atoms with Crippen LogP contribution in [0.15, 0.2) is 82.4 Å². The SMILES string of the molecule is O=C(N/N=C/c1cccc(OCc2cccc(Cl)c2)c1)c1ccccc1Br. The summed E-state index contributed by atoms with van der Waals surface area (Å²) in [6, 6.07) is 22.1. The zero-order valence-corrected chi connectivity index (χ0v) is 16.6. The first kappa shape index (κ1) is 19.1. The number of rotatable bonds is 6. The fraction of sp³-hybridized carbons (Fsp3) is 0.0476. The second-order valence-corrected chi connectivity index (χ2v) is 6.96. The van der Waals surface area contributed by atoms with E-state index in [1.807, 2.05) is 54.6 Å². The fourth-order valence-corrected chi connectivity index (χ4v) is 3.03. The van der Waals surface area contributed by atoms with Crippen molar-refractivity contribution in [3.63, 3.8) is 0 Å². The fourth-order valence-electron chi connectivity index (χ4n) is 2.35. The molecule has 136 valence electrons. The highest BCUT2D eigenvalue weighted by molar-refractivity contribution is 9.10. The lowest BCUT2D eigenvalue weighted by atomic mass is 10.2. The molecule has 3 rings (SSSR count). The molecule has 0 spiro atoms. The minimum absolute atomic E-state index is 0.285. The predicted octanol–water partition coefficient (Wildman–Crippen LogP) is 5.45. The van der Waals surface area contributed by atoms with Gasteiger partial charge in [-0.1, -0.05) is 48.0 Å². The van der Waals surface area contributed by atoms with Crippen molar-refractivity contribution in [1.29, 1.82) is 0 Å². The molecule has 0 aliphatic carbocycles. The molecule has 0 heterocycles. The van der Waals surface area contributed by atoms with Crippen LogP contribution in [0, 0.1) is 0 Å². The summed E-state index contributed by atoms with van der Waals surface area (Å²) in [4.78, 5) is 12.1. The number of hydrogen-bond acceptors (Lipinski definition) is 3. The van der Waals surface area contributed by atoms with Crippen LogP contribution in [0.25, 0.3) is 0 Å². The Morgan fingerprint density at radius 2 is 1.89 bits per heavy atom. The molecule has 27 heavy (non-hydrogen) atoms. The first-order chi connectivity index (χ1) is 13.1. The third kappa shape index (κ3) is 5.67. The summed E-state index contributed by atoms with van der Waals surface area (Å²) >= 11 is 9.32. The molecule has 0 fully saturated rings. The smallest absolute Gasteiger partial charge is 0.272 e. The van der Waals surface area contributed by atoms with Crippen LogP contribution >= 0.6 is 27.5 Å². The molecular formula is C21H16BrClN2O2. The Kier molecular flexibility index (Phi) is 6.63. The van der Waals surface area contributed by atoms with Gasteiger partial charge in [0.25, 0.3) is 5.91 Å². The summed E-state index contributed by atoms with van der Waals surface area (Å²) in [5.41, 5.74) is 4.84. The second kappa shape index (κ2) is 9.35. The van der Waals surface area contributed by atoms with Crippen molar-refractivity contribution in [3.05, 3.63) is 99.0 Å². The highest BCUT2D eigenvalue weighted by Gasteiger charge is 2.07. The molecule has 6 heteroatoms. The van der Waals surface area contributed by atoms with Crippen molar-refractivity contribution in [2.24, 2.45) is 5.10 Å².